The maximum Gasteiger partial charge on any atom is 0.309 e. The van der Waals surface area contributed by atoms with Gasteiger partial charge >= 0.3 is 17.9 Å². The summed E-state index contributed by atoms with van der Waals surface area (Å²) in [5, 5.41) is 9.56. The summed E-state index contributed by atoms with van der Waals surface area (Å²) in [4.78, 5) is 47.9. The van der Waals surface area contributed by atoms with Crippen LogP contribution in [0.1, 0.15) is 37.7 Å². The first-order chi connectivity index (χ1) is 13.3. The molecule has 1 saturated carbocycles. The average molecular weight is 391 g/mol. The van der Waals surface area contributed by atoms with Crippen LogP contribution in [-0.4, -0.2) is 36.0 Å². The Morgan fingerprint density at radius 3 is 2.29 bits per heavy atom. The van der Waals surface area contributed by atoms with Crippen molar-refractivity contribution in [1.82, 2.24) is 0 Å². The topological polar surface area (TPSA) is 133 Å². The maximum atomic E-state index is 12.4. The summed E-state index contributed by atoms with van der Waals surface area (Å²) < 4.78 is 9.89. The fourth-order valence-corrected chi connectivity index (χ4v) is 3.75. The van der Waals surface area contributed by atoms with Crippen LogP contribution in [0.25, 0.3) is 0 Å². The van der Waals surface area contributed by atoms with Crippen molar-refractivity contribution in [1.29, 1.82) is 0 Å². The highest BCUT2D eigenvalue weighted by Gasteiger charge is 2.51. The molecule has 1 fully saturated rings. The van der Waals surface area contributed by atoms with E-state index in [0.29, 0.717) is 0 Å². The van der Waals surface area contributed by atoms with Gasteiger partial charge in [-0.3, -0.25) is 19.2 Å². The third kappa shape index (κ3) is 4.88. The van der Waals surface area contributed by atoms with Gasteiger partial charge in [0.1, 0.15) is 6.61 Å². The molecule has 1 aromatic carbocycles. The molecular formula is C20H25NO7. The fraction of sp³-hybridized carbons (Fsp3) is 0.500. The normalized spacial score (nSPS) is 22.7. The first kappa shape index (κ1) is 21.4. The molecule has 1 aliphatic rings. The van der Waals surface area contributed by atoms with E-state index in [9.17, 15) is 24.3 Å². The minimum Gasteiger partial charge on any atom is -0.481 e. The van der Waals surface area contributed by atoms with Crippen LogP contribution in [0, 0.1) is 17.3 Å². The molecule has 1 atom stereocenters. The lowest BCUT2D eigenvalue weighted by molar-refractivity contribution is -0.163. The second kappa shape index (κ2) is 9.34. The number of carboxylic acid groups (broad SMARTS) is 1. The zero-order chi connectivity index (χ0) is 20.7. The molecule has 0 radical (unpaired) electrons. The monoisotopic (exact) mass is 391 g/mol. The maximum absolute atomic E-state index is 12.4. The van der Waals surface area contributed by atoms with Gasteiger partial charge in [-0.25, -0.2) is 0 Å². The number of rotatable bonds is 8. The molecule has 1 aliphatic carbocycles. The van der Waals surface area contributed by atoms with Crippen molar-refractivity contribution < 1.29 is 33.8 Å². The minimum atomic E-state index is -1.39. The zero-order valence-electron chi connectivity index (χ0n) is 15.8. The number of primary amides is 1. The van der Waals surface area contributed by atoms with Crippen molar-refractivity contribution in [2.24, 2.45) is 23.0 Å². The molecule has 2 rings (SSSR count). The number of nitrogens with two attached hydrogens (primary N) is 1. The number of esters is 2. The van der Waals surface area contributed by atoms with Crippen molar-refractivity contribution in [2.45, 2.75) is 38.7 Å². The van der Waals surface area contributed by atoms with Gasteiger partial charge in [-0.05, 0) is 31.2 Å². The molecular weight excluding hydrogens is 366 g/mol. The van der Waals surface area contributed by atoms with Crippen LogP contribution < -0.4 is 5.73 Å². The summed E-state index contributed by atoms with van der Waals surface area (Å²) in [6.45, 7) is 0.150. The van der Waals surface area contributed by atoms with Crippen molar-refractivity contribution in [3.63, 3.8) is 0 Å². The van der Waals surface area contributed by atoms with Gasteiger partial charge < -0.3 is 20.3 Å². The second-order valence-electron chi connectivity index (χ2n) is 7.06. The van der Waals surface area contributed by atoms with E-state index in [4.69, 9.17) is 10.5 Å². The molecule has 0 aliphatic heterocycles. The lowest BCUT2D eigenvalue weighted by atomic mass is 9.62. The number of methoxy groups -OCH3 is 1. The quantitative estimate of drug-likeness (QED) is 0.644. The lowest BCUT2D eigenvalue weighted by Crippen LogP contribution is -2.50. The Labute approximate surface area is 163 Å². The van der Waals surface area contributed by atoms with Crippen LogP contribution in [0.4, 0.5) is 0 Å². The van der Waals surface area contributed by atoms with Crippen LogP contribution in [0.2, 0.25) is 0 Å². The number of hydrogen-bond donors (Lipinski definition) is 2. The van der Waals surface area contributed by atoms with Gasteiger partial charge in [0.15, 0.2) is 0 Å². The molecule has 8 nitrogen and oxygen atoms in total. The number of carbonyl (C=O) groups is 4. The van der Waals surface area contributed by atoms with E-state index in [-0.39, 0.29) is 38.3 Å². The highest BCUT2D eigenvalue weighted by Crippen LogP contribution is 2.46. The largest absolute Gasteiger partial charge is 0.481 e. The summed E-state index contributed by atoms with van der Waals surface area (Å²) in [5.74, 6) is -4.91. The Bertz CT molecular complexity index is 723. The Morgan fingerprint density at radius 2 is 1.79 bits per heavy atom. The third-order valence-electron chi connectivity index (χ3n) is 5.49. The van der Waals surface area contributed by atoms with Gasteiger partial charge in [-0.1, -0.05) is 30.3 Å². The Balaban J connectivity index is 2.04. The fourth-order valence-electron chi connectivity index (χ4n) is 3.75. The standard InChI is InChI=1S/C20H25NO7/c1-27-16(22)11-15(17(23)24)20(19(21)26)9-7-14(8-10-20)18(25)28-12-13-5-3-2-4-6-13/h2-6,14-15H,7-12H2,1H3,(H2,21,26)(H,23,24). The van der Waals surface area contributed by atoms with Crippen molar-refractivity contribution in [2.75, 3.05) is 7.11 Å². The smallest absolute Gasteiger partial charge is 0.309 e. The summed E-state index contributed by atoms with van der Waals surface area (Å²) >= 11 is 0. The Morgan fingerprint density at radius 1 is 1.18 bits per heavy atom. The first-order valence-electron chi connectivity index (χ1n) is 9.10. The Kier molecular flexibility index (Phi) is 7.14. The third-order valence-corrected chi connectivity index (χ3v) is 5.49. The van der Waals surface area contributed by atoms with Crippen molar-refractivity contribution in [3.05, 3.63) is 35.9 Å². The van der Waals surface area contributed by atoms with E-state index in [1.54, 1.807) is 0 Å². The first-order valence-corrected chi connectivity index (χ1v) is 9.10. The van der Waals surface area contributed by atoms with Gasteiger partial charge in [0.2, 0.25) is 5.91 Å². The molecule has 8 heteroatoms. The van der Waals surface area contributed by atoms with E-state index < -0.39 is 41.5 Å². The van der Waals surface area contributed by atoms with Crippen molar-refractivity contribution in [3.8, 4) is 0 Å². The van der Waals surface area contributed by atoms with Gasteiger partial charge in [-0.15, -0.1) is 0 Å². The second-order valence-corrected chi connectivity index (χ2v) is 7.06. The van der Waals surface area contributed by atoms with Gasteiger partial charge in [0.25, 0.3) is 0 Å². The van der Waals surface area contributed by atoms with Crippen LogP contribution >= 0.6 is 0 Å². The number of carboxylic acids is 1. The SMILES string of the molecule is COC(=O)CC(C(=O)O)C1(C(N)=O)CCC(C(=O)OCc2ccccc2)CC1. The van der Waals surface area contributed by atoms with Crippen LogP contribution in [0.5, 0.6) is 0 Å². The molecule has 0 saturated heterocycles. The number of amides is 1. The molecule has 0 spiro atoms. The zero-order valence-corrected chi connectivity index (χ0v) is 15.8. The molecule has 1 unspecified atom stereocenters. The average Bonchev–Trinajstić information content (AvgIpc) is 2.70. The van der Waals surface area contributed by atoms with E-state index in [2.05, 4.69) is 4.74 Å². The number of aliphatic carboxylic acids is 1. The van der Waals surface area contributed by atoms with E-state index in [1.165, 1.54) is 0 Å². The van der Waals surface area contributed by atoms with E-state index in [0.717, 1.165) is 12.7 Å². The number of benzene rings is 1. The van der Waals surface area contributed by atoms with Crippen LogP contribution in [-0.2, 0) is 35.3 Å². The molecule has 1 amide bonds. The van der Waals surface area contributed by atoms with E-state index >= 15 is 0 Å². The summed E-state index contributed by atoms with van der Waals surface area (Å²) in [6.07, 6.45) is 0.281. The molecule has 0 heterocycles. The highest BCUT2D eigenvalue weighted by atomic mass is 16.5. The molecule has 28 heavy (non-hydrogen) atoms. The highest BCUT2D eigenvalue weighted by molar-refractivity contribution is 5.90. The molecule has 152 valence electrons. The van der Waals surface area contributed by atoms with E-state index in [1.807, 2.05) is 30.3 Å². The minimum absolute atomic E-state index is 0.0986. The Hall–Kier alpha value is -2.90. The van der Waals surface area contributed by atoms with Gasteiger partial charge in [-0.2, -0.15) is 0 Å². The molecule has 3 N–H and O–H groups in total. The summed E-state index contributed by atoms with van der Waals surface area (Å²) in [6, 6.07) is 9.24. The molecule has 0 aromatic heterocycles. The predicted octanol–water partition coefficient (Wildman–Crippen LogP) is 1.66. The summed E-state index contributed by atoms with van der Waals surface area (Å²) in [7, 11) is 1.15. The van der Waals surface area contributed by atoms with Gasteiger partial charge in [0, 0.05) is 0 Å². The van der Waals surface area contributed by atoms with Gasteiger partial charge in [0.05, 0.1) is 30.8 Å². The number of hydrogen-bond acceptors (Lipinski definition) is 6. The summed E-state index contributed by atoms with van der Waals surface area (Å²) in [5.41, 5.74) is 5.01. The number of ether oxygens (including phenoxy) is 2. The number of carbonyl (C=O) groups excluding carboxylic acids is 3. The molecule has 0 bridgehead atoms. The van der Waals surface area contributed by atoms with Crippen molar-refractivity contribution >= 4 is 23.8 Å². The lowest BCUT2D eigenvalue weighted by Gasteiger charge is -2.40. The molecule has 1 aromatic rings. The van der Waals surface area contributed by atoms with Crippen LogP contribution in [0.15, 0.2) is 30.3 Å². The predicted molar refractivity (Wildman–Crippen MR) is 97.6 cm³/mol. The van der Waals surface area contributed by atoms with Crippen LogP contribution in [0.3, 0.4) is 0 Å².